The number of anilines is 1. The predicted octanol–water partition coefficient (Wildman–Crippen LogP) is 4.01. The van der Waals surface area contributed by atoms with Crippen LogP contribution in [0.15, 0.2) is 0 Å². The van der Waals surface area contributed by atoms with Crippen LogP contribution in [0.4, 0.5) is 5.82 Å². The minimum atomic E-state index is 0.428. The number of halogens is 1. The van der Waals surface area contributed by atoms with E-state index in [1.165, 1.54) is 0 Å². The van der Waals surface area contributed by atoms with Crippen molar-refractivity contribution in [3.8, 4) is 0 Å². The molecule has 1 heterocycles. The van der Waals surface area contributed by atoms with Gasteiger partial charge in [0.1, 0.15) is 5.82 Å². The number of aromatic nitrogens is 2. The van der Waals surface area contributed by atoms with E-state index >= 15 is 0 Å². The minimum absolute atomic E-state index is 0.428. The van der Waals surface area contributed by atoms with Crippen LogP contribution in [0.3, 0.4) is 0 Å². The van der Waals surface area contributed by atoms with E-state index in [0.29, 0.717) is 17.9 Å². The van der Waals surface area contributed by atoms with Gasteiger partial charge < -0.3 is 5.73 Å². The fraction of sp³-hybridized carbons (Fsp3) is 0.769. The molecular formula is C13H24IN3. The quantitative estimate of drug-likeness (QED) is 0.817. The number of nitrogen functional groups attached to an aromatic ring is 1. The molecule has 1 aromatic rings. The smallest absolute Gasteiger partial charge is 0.135 e. The van der Waals surface area contributed by atoms with Crippen LogP contribution >= 0.6 is 22.6 Å². The largest absolute Gasteiger partial charge is 0.383 e. The first-order valence-electron chi connectivity index (χ1n) is 6.33. The topological polar surface area (TPSA) is 43.8 Å². The van der Waals surface area contributed by atoms with Gasteiger partial charge in [-0.05, 0) is 54.2 Å². The first-order chi connectivity index (χ1) is 7.82. The highest BCUT2D eigenvalue weighted by Crippen LogP contribution is 2.30. The molecule has 17 heavy (non-hydrogen) atoms. The summed E-state index contributed by atoms with van der Waals surface area (Å²) >= 11 is 2.28. The summed E-state index contributed by atoms with van der Waals surface area (Å²) in [4.78, 5) is 0. The molecule has 0 atom stereocenters. The molecule has 0 radical (unpaired) electrons. The predicted molar refractivity (Wildman–Crippen MR) is 82.0 cm³/mol. The molecule has 98 valence electrons. The zero-order chi connectivity index (χ0) is 13.2. The number of hydrogen-bond donors (Lipinski definition) is 1. The van der Waals surface area contributed by atoms with E-state index in [9.17, 15) is 0 Å². The average molecular weight is 349 g/mol. The lowest BCUT2D eigenvalue weighted by Gasteiger charge is -2.22. The number of aryl methyl sites for hydroxylation is 1. The highest BCUT2D eigenvalue weighted by atomic mass is 127. The molecule has 0 fully saturated rings. The Balaban J connectivity index is 2.99. The van der Waals surface area contributed by atoms with Crippen LogP contribution < -0.4 is 5.73 Å². The molecule has 0 aliphatic carbocycles. The zero-order valence-electron chi connectivity index (χ0n) is 11.5. The fourth-order valence-electron chi connectivity index (χ4n) is 2.21. The van der Waals surface area contributed by atoms with Crippen LogP contribution in [-0.4, -0.2) is 9.78 Å². The average Bonchev–Trinajstić information content (AvgIpc) is 2.43. The van der Waals surface area contributed by atoms with E-state index in [1.54, 1.807) is 0 Å². The molecule has 0 aliphatic rings. The summed E-state index contributed by atoms with van der Waals surface area (Å²) in [6.45, 7) is 11.0. The lowest BCUT2D eigenvalue weighted by molar-refractivity contribution is 0.319. The van der Waals surface area contributed by atoms with Crippen molar-refractivity contribution in [3.05, 3.63) is 9.26 Å². The maximum absolute atomic E-state index is 6.15. The monoisotopic (exact) mass is 349 g/mol. The molecule has 0 aliphatic heterocycles. The van der Waals surface area contributed by atoms with E-state index in [1.807, 2.05) is 11.6 Å². The summed E-state index contributed by atoms with van der Waals surface area (Å²) in [6, 6.07) is 0.428. The van der Waals surface area contributed by atoms with Crippen LogP contribution in [0.5, 0.6) is 0 Å². The second-order valence-electron chi connectivity index (χ2n) is 5.64. The zero-order valence-corrected chi connectivity index (χ0v) is 13.7. The van der Waals surface area contributed by atoms with Gasteiger partial charge in [0.15, 0.2) is 0 Å². The Morgan fingerprint density at radius 2 is 1.65 bits per heavy atom. The molecule has 0 saturated carbocycles. The van der Waals surface area contributed by atoms with Gasteiger partial charge in [-0.1, -0.05) is 27.7 Å². The van der Waals surface area contributed by atoms with Crippen molar-refractivity contribution < 1.29 is 0 Å². The van der Waals surface area contributed by atoms with Gasteiger partial charge in [-0.15, -0.1) is 0 Å². The molecule has 0 unspecified atom stereocenters. The first-order valence-corrected chi connectivity index (χ1v) is 7.40. The van der Waals surface area contributed by atoms with Crippen molar-refractivity contribution >= 4 is 28.4 Å². The van der Waals surface area contributed by atoms with Crippen molar-refractivity contribution in [3.63, 3.8) is 0 Å². The third-order valence-electron chi connectivity index (χ3n) is 2.88. The van der Waals surface area contributed by atoms with E-state index in [2.05, 4.69) is 55.4 Å². The van der Waals surface area contributed by atoms with Gasteiger partial charge in [0.25, 0.3) is 0 Å². The summed E-state index contributed by atoms with van der Waals surface area (Å²) in [5.41, 5.74) is 7.19. The Bertz CT molecular complexity index is 359. The van der Waals surface area contributed by atoms with Crippen molar-refractivity contribution in [1.82, 2.24) is 9.78 Å². The summed E-state index contributed by atoms with van der Waals surface area (Å²) in [7, 11) is 0. The maximum atomic E-state index is 6.15. The summed E-state index contributed by atoms with van der Waals surface area (Å²) in [5.74, 6) is 2.16. The fourth-order valence-corrected chi connectivity index (χ4v) is 2.56. The van der Waals surface area contributed by atoms with E-state index in [4.69, 9.17) is 5.73 Å². The van der Waals surface area contributed by atoms with Gasteiger partial charge in [0, 0.05) is 0 Å². The maximum Gasteiger partial charge on any atom is 0.135 e. The van der Waals surface area contributed by atoms with Crippen LogP contribution in [0.1, 0.15) is 52.3 Å². The third kappa shape index (κ3) is 3.86. The number of nitrogens with two attached hydrogens (primary N) is 1. The Morgan fingerprint density at radius 3 is 1.94 bits per heavy atom. The van der Waals surface area contributed by atoms with Crippen molar-refractivity contribution in [2.45, 2.75) is 53.5 Å². The van der Waals surface area contributed by atoms with Gasteiger partial charge in [0.05, 0.1) is 15.3 Å². The number of hydrogen-bond acceptors (Lipinski definition) is 2. The molecule has 0 amide bonds. The molecule has 0 aromatic carbocycles. The van der Waals surface area contributed by atoms with Crippen LogP contribution in [-0.2, 0) is 0 Å². The Morgan fingerprint density at radius 1 is 1.18 bits per heavy atom. The molecule has 1 aromatic heterocycles. The molecule has 3 nitrogen and oxygen atoms in total. The third-order valence-corrected chi connectivity index (χ3v) is 4.21. The molecule has 0 bridgehead atoms. The SMILES string of the molecule is Cc1nn(C(CC(C)C)CC(C)C)c(N)c1I. The highest BCUT2D eigenvalue weighted by Gasteiger charge is 2.20. The van der Waals surface area contributed by atoms with E-state index < -0.39 is 0 Å². The van der Waals surface area contributed by atoms with Crippen LogP contribution in [0.25, 0.3) is 0 Å². The van der Waals surface area contributed by atoms with Gasteiger partial charge in [0.2, 0.25) is 0 Å². The van der Waals surface area contributed by atoms with Gasteiger partial charge in [-0.2, -0.15) is 5.10 Å². The van der Waals surface area contributed by atoms with E-state index in [-0.39, 0.29) is 0 Å². The number of rotatable bonds is 5. The van der Waals surface area contributed by atoms with Crippen molar-refractivity contribution in [1.29, 1.82) is 0 Å². The molecule has 0 saturated heterocycles. The van der Waals surface area contributed by atoms with Gasteiger partial charge >= 0.3 is 0 Å². The van der Waals surface area contributed by atoms with Gasteiger partial charge in [-0.3, -0.25) is 0 Å². The lowest BCUT2D eigenvalue weighted by atomic mass is 9.96. The molecule has 1 rings (SSSR count). The highest BCUT2D eigenvalue weighted by molar-refractivity contribution is 14.1. The lowest BCUT2D eigenvalue weighted by Crippen LogP contribution is -2.17. The Kier molecular flexibility index (Phi) is 5.28. The molecule has 2 N–H and O–H groups in total. The second-order valence-corrected chi connectivity index (χ2v) is 6.72. The molecule has 4 heteroatoms. The van der Waals surface area contributed by atoms with E-state index in [0.717, 1.165) is 27.9 Å². The van der Waals surface area contributed by atoms with Crippen molar-refractivity contribution in [2.75, 3.05) is 5.73 Å². The molecule has 0 spiro atoms. The Labute approximate surface area is 118 Å². The standard InChI is InChI=1S/C13H24IN3/c1-8(2)6-11(7-9(3)4)17-13(15)12(14)10(5)16-17/h8-9,11H,6-7,15H2,1-5H3. The minimum Gasteiger partial charge on any atom is -0.383 e. The first kappa shape index (κ1) is 14.8. The van der Waals surface area contributed by atoms with Crippen molar-refractivity contribution in [2.24, 2.45) is 11.8 Å². The van der Waals surface area contributed by atoms with Gasteiger partial charge in [-0.25, -0.2) is 4.68 Å². The summed E-state index contributed by atoms with van der Waals surface area (Å²) in [6.07, 6.45) is 2.28. The van der Waals surface area contributed by atoms with Crippen LogP contribution in [0.2, 0.25) is 0 Å². The van der Waals surface area contributed by atoms with Crippen LogP contribution in [0, 0.1) is 22.3 Å². The normalized spacial score (nSPS) is 12.1. The number of nitrogens with zero attached hydrogens (tertiary/aromatic N) is 2. The summed E-state index contributed by atoms with van der Waals surface area (Å²) < 4.78 is 3.14. The molecular weight excluding hydrogens is 325 g/mol. The summed E-state index contributed by atoms with van der Waals surface area (Å²) in [5, 5.41) is 4.60. The Hall–Kier alpha value is -0.260. The second kappa shape index (κ2) is 6.07.